The molecule has 9 heteroatoms. The third-order valence-electron chi connectivity index (χ3n) is 0. The van der Waals surface area contributed by atoms with Gasteiger partial charge in [-0.3, -0.25) is 0 Å². The minimum atomic E-state index is 0. The Morgan fingerprint density at radius 1 is 0.222 bits per heavy atom. The van der Waals surface area contributed by atoms with Gasteiger partial charge >= 0.3 is 0 Å². The number of hydrogen-bond acceptors (Lipinski definition) is 0. The van der Waals surface area contributed by atoms with Crippen LogP contribution in [0.25, 0.3) is 0 Å². The SMILES string of the molecule is O.O.O.O.O.[Na].[Na].[Na].[Na]. The van der Waals surface area contributed by atoms with Crippen molar-refractivity contribution in [3.8, 4) is 0 Å². The second-order valence-corrected chi connectivity index (χ2v) is 0. The molecular formula is H10Na4O5. The summed E-state index contributed by atoms with van der Waals surface area (Å²) < 4.78 is 0. The molecule has 4 radical (unpaired) electrons. The fraction of sp³-hybridized carbons (Fsp3) is 0. The van der Waals surface area contributed by atoms with Crippen LogP contribution in [-0.4, -0.2) is 146 Å². The van der Waals surface area contributed by atoms with Crippen LogP contribution >= 0.6 is 0 Å². The molecule has 44 valence electrons. The zero-order valence-electron chi connectivity index (χ0n) is 6.50. The molecule has 0 spiro atoms. The van der Waals surface area contributed by atoms with E-state index < -0.39 is 0 Å². The third-order valence-corrected chi connectivity index (χ3v) is 0. The van der Waals surface area contributed by atoms with Crippen molar-refractivity contribution in [2.75, 3.05) is 0 Å². The van der Waals surface area contributed by atoms with E-state index in [-0.39, 0.29) is 146 Å². The van der Waals surface area contributed by atoms with Crippen molar-refractivity contribution < 1.29 is 27.4 Å². The molecule has 0 aromatic carbocycles. The molecular weight excluding hydrogens is 172 g/mol. The largest absolute Gasteiger partial charge is 0.412 e. The summed E-state index contributed by atoms with van der Waals surface area (Å²) in [6.07, 6.45) is 0. The van der Waals surface area contributed by atoms with E-state index in [4.69, 9.17) is 0 Å². The Bertz CT molecular complexity index is 8.92. The standard InChI is InChI=1S/4Na.5H2O/h;;;;5*1H2. The quantitative estimate of drug-likeness (QED) is 0.327. The number of hydrogen-bond donors (Lipinski definition) is 0. The molecule has 5 nitrogen and oxygen atoms in total. The van der Waals surface area contributed by atoms with Gasteiger partial charge < -0.3 is 27.4 Å². The van der Waals surface area contributed by atoms with E-state index in [2.05, 4.69) is 0 Å². The predicted octanol–water partition coefficient (Wildman–Crippen LogP) is -5.65. The van der Waals surface area contributed by atoms with E-state index in [1.807, 2.05) is 0 Å². The molecule has 0 fully saturated rings. The van der Waals surface area contributed by atoms with Crippen molar-refractivity contribution in [2.24, 2.45) is 0 Å². The van der Waals surface area contributed by atoms with E-state index in [1.54, 1.807) is 0 Å². The summed E-state index contributed by atoms with van der Waals surface area (Å²) in [7, 11) is 0. The first-order chi connectivity index (χ1) is 0. The van der Waals surface area contributed by atoms with Gasteiger partial charge in [0, 0.05) is 118 Å². The van der Waals surface area contributed by atoms with Crippen LogP contribution < -0.4 is 0 Å². The maximum Gasteiger partial charge on any atom is 0 e. The molecule has 0 bridgehead atoms. The Morgan fingerprint density at radius 3 is 0.222 bits per heavy atom. The Kier molecular flexibility index (Phi) is 1310. The van der Waals surface area contributed by atoms with E-state index in [9.17, 15) is 0 Å². The van der Waals surface area contributed by atoms with Crippen molar-refractivity contribution in [1.29, 1.82) is 0 Å². The second kappa shape index (κ2) is 95.3. The normalized spacial score (nSPS) is 0. The van der Waals surface area contributed by atoms with Crippen molar-refractivity contribution in [1.82, 2.24) is 0 Å². The van der Waals surface area contributed by atoms with E-state index in [0.717, 1.165) is 0 Å². The van der Waals surface area contributed by atoms with E-state index in [0.29, 0.717) is 0 Å². The first kappa shape index (κ1) is 123. The summed E-state index contributed by atoms with van der Waals surface area (Å²) in [6.45, 7) is 0. The molecule has 0 saturated heterocycles. The molecule has 0 aliphatic carbocycles. The van der Waals surface area contributed by atoms with Gasteiger partial charge in [0.2, 0.25) is 0 Å². The average Bonchev–Trinajstić information content (AvgIpc) is 0. The van der Waals surface area contributed by atoms with Gasteiger partial charge in [0.15, 0.2) is 0 Å². The van der Waals surface area contributed by atoms with Gasteiger partial charge in [-0.1, -0.05) is 0 Å². The number of rotatable bonds is 0. The summed E-state index contributed by atoms with van der Waals surface area (Å²) in [5.41, 5.74) is 0. The van der Waals surface area contributed by atoms with Crippen LogP contribution in [0.3, 0.4) is 0 Å². The Hall–Kier alpha value is 3.80. The maximum atomic E-state index is 0. The van der Waals surface area contributed by atoms with Crippen LogP contribution in [0.4, 0.5) is 0 Å². The molecule has 0 saturated carbocycles. The van der Waals surface area contributed by atoms with Gasteiger partial charge in [0.1, 0.15) is 0 Å². The zero-order chi connectivity index (χ0) is 0. The van der Waals surface area contributed by atoms with Gasteiger partial charge in [-0.2, -0.15) is 0 Å². The Labute approximate surface area is 142 Å². The second-order valence-electron chi connectivity index (χ2n) is 0. The molecule has 0 aromatic heterocycles. The fourth-order valence-electron chi connectivity index (χ4n) is 0. The summed E-state index contributed by atoms with van der Waals surface area (Å²) in [5.74, 6) is 0. The molecule has 0 aromatic rings. The topological polar surface area (TPSA) is 158 Å². The molecule has 9 heavy (non-hydrogen) atoms. The first-order valence-corrected chi connectivity index (χ1v) is 0. The van der Waals surface area contributed by atoms with Gasteiger partial charge in [0.05, 0.1) is 0 Å². The van der Waals surface area contributed by atoms with Gasteiger partial charge in [-0.05, 0) is 0 Å². The molecule has 0 aliphatic rings. The molecule has 0 rings (SSSR count). The summed E-state index contributed by atoms with van der Waals surface area (Å²) in [4.78, 5) is 0. The van der Waals surface area contributed by atoms with E-state index >= 15 is 0 Å². The first-order valence-electron chi connectivity index (χ1n) is 0. The molecule has 0 aliphatic heterocycles. The van der Waals surface area contributed by atoms with Crippen LogP contribution in [0.2, 0.25) is 0 Å². The van der Waals surface area contributed by atoms with Gasteiger partial charge in [-0.25, -0.2) is 0 Å². The molecule has 0 heterocycles. The van der Waals surface area contributed by atoms with E-state index in [1.165, 1.54) is 0 Å². The Morgan fingerprint density at radius 2 is 0.222 bits per heavy atom. The summed E-state index contributed by atoms with van der Waals surface area (Å²) in [6, 6.07) is 0. The monoisotopic (exact) mass is 182 g/mol. The zero-order valence-corrected chi connectivity index (χ0v) is 14.5. The van der Waals surface area contributed by atoms with Crippen molar-refractivity contribution in [2.45, 2.75) is 0 Å². The van der Waals surface area contributed by atoms with Crippen molar-refractivity contribution >= 4 is 118 Å². The molecule has 0 unspecified atom stereocenters. The van der Waals surface area contributed by atoms with Crippen LogP contribution in [0.15, 0.2) is 0 Å². The maximum absolute atomic E-state index is 0. The smallest absolute Gasteiger partial charge is 0 e. The Balaban J connectivity index is 0. The van der Waals surface area contributed by atoms with Crippen LogP contribution in [0.1, 0.15) is 0 Å². The van der Waals surface area contributed by atoms with Crippen molar-refractivity contribution in [3.05, 3.63) is 0 Å². The minimum Gasteiger partial charge on any atom is -0.412 e. The fourth-order valence-corrected chi connectivity index (χ4v) is 0. The van der Waals surface area contributed by atoms with Gasteiger partial charge in [0.25, 0.3) is 0 Å². The molecule has 0 amide bonds. The van der Waals surface area contributed by atoms with Crippen LogP contribution in [-0.2, 0) is 0 Å². The minimum absolute atomic E-state index is 0. The van der Waals surface area contributed by atoms with Gasteiger partial charge in [-0.15, -0.1) is 0 Å². The van der Waals surface area contributed by atoms with Crippen LogP contribution in [0.5, 0.6) is 0 Å². The van der Waals surface area contributed by atoms with Crippen LogP contribution in [0, 0.1) is 0 Å². The van der Waals surface area contributed by atoms with Crippen molar-refractivity contribution in [3.63, 3.8) is 0 Å². The summed E-state index contributed by atoms with van der Waals surface area (Å²) in [5, 5.41) is 0. The third kappa shape index (κ3) is 78.5. The summed E-state index contributed by atoms with van der Waals surface area (Å²) >= 11 is 0. The predicted molar refractivity (Wildman–Crippen MR) is 41.1 cm³/mol. The molecule has 0 atom stereocenters. The average molecular weight is 182 g/mol. The molecule has 10 N–H and O–H groups in total.